The molecule has 1 aromatic carbocycles. The maximum atomic E-state index is 12.1. The first-order valence-electron chi connectivity index (χ1n) is 7.77. The van der Waals surface area contributed by atoms with Crippen LogP contribution in [0.15, 0.2) is 30.5 Å². The maximum Gasteiger partial charge on any atom is 0.225 e. The zero-order chi connectivity index (χ0) is 17.5. The number of carbonyl (C=O) groups excluding carboxylic acids is 2. The van der Waals surface area contributed by atoms with Crippen molar-refractivity contribution in [3.05, 3.63) is 46.6 Å². The average Bonchev–Trinajstić information content (AvgIpc) is 2.87. The van der Waals surface area contributed by atoms with Crippen LogP contribution in [0.3, 0.4) is 0 Å². The van der Waals surface area contributed by atoms with Gasteiger partial charge in [-0.2, -0.15) is 5.10 Å². The van der Waals surface area contributed by atoms with Gasteiger partial charge in [0.2, 0.25) is 11.8 Å². The van der Waals surface area contributed by atoms with Crippen molar-refractivity contribution in [2.75, 3.05) is 11.9 Å². The molecule has 1 aromatic heterocycles. The number of nitrogens with one attached hydrogen (secondary N) is 2. The fraction of sp³-hybridized carbons (Fsp3) is 0.353. The van der Waals surface area contributed by atoms with Crippen LogP contribution in [-0.2, 0) is 16.1 Å². The molecule has 7 heteroatoms. The fourth-order valence-electron chi connectivity index (χ4n) is 2.26. The quantitative estimate of drug-likeness (QED) is 0.755. The van der Waals surface area contributed by atoms with Gasteiger partial charge in [0, 0.05) is 30.5 Å². The lowest BCUT2D eigenvalue weighted by molar-refractivity contribution is -0.119. The Morgan fingerprint density at radius 2 is 2.04 bits per heavy atom. The van der Waals surface area contributed by atoms with Crippen LogP contribution < -0.4 is 10.6 Å². The van der Waals surface area contributed by atoms with Gasteiger partial charge < -0.3 is 10.6 Å². The third-order valence-corrected chi connectivity index (χ3v) is 3.88. The monoisotopic (exact) mass is 348 g/mol. The molecule has 0 fully saturated rings. The highest BCUT2D eigenvalue weighted by Gasteiger charge is 2.12. The van der Waals surface area contributed by atoms with Crippen molar-refractivity contribution in [3.63, 3.8) is 0 Å². The Hall–Kier alpha value is -2.34. The van der Waals surface area contributed by atoms with Gasteiger partial charge in [0.1, 0.15) is 5.82 Å². The van der Waals surface area contributed by atoms with Gasteiger partial charge >= 0.3 is 0 Å². The van der Waals surface area contributed by atoms with E-state index in [2.05, 4.69) is 15.7 Å². The van der Waals surface area contributed by atoms with E-state index in [9.17, 15) is 9.59 Å². The summed E-state index contributed by atoms with van der Waals surface area (Å²) >= 11 is 6.19. The summed E-state index contributed by atoms with van der Waals surface area (Å²) in [7, 11) is 0. The number of benzene rings is 1. The molecular weight excluding hydrogens is 328 g/mol. The molecule has 0 radical (unpaired) electrons. The Morgan fingerprint density at radius 3 is 2.75 bits per heavy atom. The predicted molar refractivity (Wildman–Crippen MR) is 94.1 cm³/mol. The molecule has 2 aromatic rings. The number of aromatic nitrogens is 2. The SMILES string of the molecule is CC(=O)NCCCC(=O)Nc1c(C)cnn1Cc1ccccc1Cl. The second kappa shape index (κ2) is 8.49. The second-order valence-electron chi connectivity index (χ2n) is 5.56. The molecule has 0 unspecified atom stereocenters. The molecule has 1 heterocycles. The van der Waals surface area contributed by atoms with Gasteiger partial charge in [-0.05, 0) is 25.0 Å². The molecule has 2 N–H and O–H groups in total. The number of anilines is 1. The largest absolute Gasteiger partial charge is 0.356 e. The van der Waals surface area contributed by atoms with E-state index in [0.717, 1.165) is 11.1 Å². The summed E-state index contributed by atoms with van der Waals surface area (Å²) in [6.07, 6.45) is 2.63. The highest BCUT2D eigenvalue weighted by Crippen LogP contribution is 2.20. The van der Waals surface area contributed by atoms with E-state index in [0.29, 0.717) is 36.8 Å². The number of hydrogen-bond donors (Lipinski definition) is 2. The summed E-state index contributed by atoms with van der Waals surface area (Å²) in [5, 5.41) is 10.5. The topological polar surface area (TPSA) is 76.0 Å². The smallest absolute Gasteiger partial charge is 0.225 e. The lowest BCUT2D eigenvalue weighted by Gasteiger charge is -2.11. The van der Waals surface area contributed by atoms with Crippen LogP contribution in [0.25, 0.3) is 0 Å². The van der Waals surface area contributed by atoms with Crippen molar-refractivity contribution in [1.29, 1.82) is 0 Å². The van der Waals surface area contributed by atoms with Crippen LogP contribution in [0.5, 0.6) is 0 Å². The normalized spacial score (nSPS) is 10.5. The van der Waals surface area contributed by atoms with E-state index in [-0.39, 0.29) is 11.8 Å². The Morgan fingerprint density at radius 1 is 1.29 bits per heavy atom. The number of rotatable bonds is 7. The number of hydrogen-bond acceptors (Lipinski definition) is 3. The maximum absolute atomic E-state index is 12.1. The van der Waals surface area contributed by atoms with Gasteiger partial charge in [-0.15, -0.1) is 0 Å². The first kappa shape index (κ1) is 18.0. The minimum Gasteiger partial charge on any atom is -0.356 e. The van der Waals surface area contributed by atoms with Crippen LogP contribution in [0.2, 0.25) is 5.02 Å². The molecule has 0 aliphatic heterocycles. The predicted octanol–water partition coefficient (Wildman–Crippen LogP) is 2.75. The van der Waals surface area contributed by atoms with Gasteiger partial charge in [-0.3, -0.25) is 9.59 Å². The zero-order valence-electron chi connectivity index (χ0n) is 13.8. The second-order valence-corrected chi connectivity index (χ2v) is 5.97. The molecule has 128 valence electrons. The van der Waals surface area contributed by atoms with Crippen molar-refractivity contribution in [2.45, 2.75) is 33.2 Å². The van der Waals surface area contributed by atoms with Crippen LogP contribution in [0.4, 0.5) is 5.82 Å². The van der Waals surface area contributed by atoms with Crippen molar-refractivity contribution in [2.24, 2.45) is 0 Å². The van der Waals surface area contributed by atoms with Crippen LogP contribution in [-0.4, -0.2) is 28.1 Å². The molecule has 0 saturated carbocycles. The lowest BCUT2D eigenvalue weighted by atomic mass is 10.2. The molecule has 6 nitrogen and oxygen atoms in total. The van der Waals surface area contributed by atoms with Crippen molar-refractivity contribution in [3.8, 4) is 0 Å². The fourth-order valence-corrected chi connectivity index (χ4v) is 2.45. The summed E-state index contributed by atoms with van der Waals surface area (Å²) in [6, 6.07) is 7.54. The first-order valence-corrected chi connectivity index (χ1v) is 8.15. The van der Waals surface area contributed by atoms with E-state index >= 15 is 0 Å². The number of carbonyl (C=O) groups is 2. The molecule has 0 bridgehead atoms. The highest BCUT2D eigenvalue weighted by atomic mass is 35.5. The Bertz CT molecular complexity index is 727. The van der Waals surface area contributed by atoms with Crippen LogP contribution in [0, 0.1) is 6.92 Å². The molecule has 0 atom stereocenters. The Labute approximate surface area is 146 Å². The average molecular weight is 349 g/mol. The molecule has 2 amide bonds. The van der Waals surface area contributed by atoms with Crippen molar-refractivity contribution in [1.82, 2.24) is 15.1 Å². The minimum absolute atomic E-state index is 0.0935. The summed E-state index contributed by atoms with van der Waals surface area (Å²) in [5.74, 6) is 0.466. The number of halogens is 1. The van der Waals surface area contributed by atoms with Gasteiger partial charge in [0.05, 0.1) is 12.7 Å². The van der Waals surface area contributed by atoms with Gasteiger partial charge in [0.15, 0.2) is 0 Å². The highest BCUT2D eigenvalue weighted by molar-refractivity contribution is 6.31. The molecular formula is C17H21ClN4O2. The molecule has 0 saturated heterocycles. The number of nitrogens with zero attached hydrogens (tertiary/aromatic N) is 2. The lowest BCUT2D eigenvalue weighted by Crippen LogP contribution is -2.23. The number of amides is 2. The summed E-state index contributed by atoms with van der Waals surface area (Å²) < 4.78 is 1.72. The zero-order valence-corrected chi connectivity index (χ0v) is 14.6. The molecule has 24 heavy (non-hydrogen) atoms. The van der Waals surface area contributed by atoms with E-state index in [4.69, 9.17) is 11.6 Å². The number of aryl methyl sites for hydroxylation is 1. The van der Waals surface area contributed by atoms with Crippen LogP contribution >= 0.6 is 11.6 Å². The van der Waals surface area contributed by atoms with Gasteiger partial charge in [-0.1, -0.05) is 29.8 Å². The van der Waals surface area contributed by atoms with Gasteiger partial charge in [0.25, 0.3) is 0 Å². The van der Waals surface area contributed by atoms with E-state index in [1.165, 1.54) is 6.92 Å². The summed E-state index contributed by atoms with van der Waals surface area (Å²) in [6.45, 7) is 4.31. The molecule has 0 aliphatic carbocycles. The molecule has 0 spiro atoms. The van der Waals surface area contributed by atoms with Crippen LogP contribution in [0.1, 0.15) is 30.9 Å². The third kappa shape index (κ3) is 5.09. The van der Waals surface area contributed by atoms with E-state index < -0.39 is 0 Å². The third-order valence-electron chi connectivity index (χ3n) is 3.51. The van der Waals surface area contributed by atoms with E-state index in [1.54, 1.807) is 10.9 Å². The molecule has 2 rings (SSSR count). The Balaban J connectivity index is 1.98. The first-order chi connectivity index (χ1) is 11.5. The molecule has 0 aliphatic rings. The minimum atomic E-state index is -0.107. The summed E-state index contributed by atoms with van der Waals surface area (Å²) in [4.78, 5) is 22.9. The summed E-state index contributed by atoms with van der Waals surface area (Å²) in [5.41, 5.74) is 1.82. The standard InChI is InChI=1S/C17H21ClN4O2/c1-12-10-20-22(11-14-6-3-4-7-15(14)18)17(12)21-16(24)8-5-9-19-13(2)23/h3-4,6-7,10H,5,8-9,11H2,1-2H3,(H,19,23)(H,21,24). The van der Waals surface area contributed by atoms with Crippen molar-refractivity contribution >= 4 is 29.2 Å². The van der Waals surface area contributed by atoms with E-state index in [1.807, 2.05) is 31.2 Å². The van der Waals surface area contributed by atoms with Gasteiger partial charge in [-0.25, -0.2) is 4.68 Å². The Kier molecular flexibility index (Phi) is 6.37. The van der Waals surface area contributed by atoms with Crippen molar-refractivity contribution < 1.29 is 9.59 Å².